The van der Waals surface area contributed by atoms with Crippen molar-refractivity contribution in [3.63, 3.8) is 0 Å². The third kappa shape index (κ3) is 3.54. The highest BCUT2D eigenvalue weighted by Gasteiger charge is 2.17. The summed E-state index contributed by atoms with van der Waals surface area (Å²) < 4.78 is 35.5. The molecule has 0 saturated heterocycles. The molecule has 0 aliphatic carbocycles. The van der Waals surface area contributed by atoms with Crippen molar-refractivity contribution in [2.75, 3.05) is 11.3 Å². The summed E-state index contributed by atoms with van der Waals surface area (Å²) in [5.41, 5.74) is 1.17. The molecule has 1 aromatic heterocycles. The Morgan fingerprint density at radius 2 is 1.96 bits per heavy atom. The molecular formula is C17H18N2O4S2. The first-order valence-corrected chi connectivity index (χ1v) is 10.1. The molecule has 8 heteroatoms. The second kappa shape index (κ2) is 6.89. The van der Waals surface area contributed by atoms with Crippen LogP contribution < -0.4 is 14.3 Å². The van der Waals surface area contributed by atoms with Crippen LogP contribution in [-0.4, -0.2) is 19.6 Å². The number of aromatic nitrogens is 1. The van der Waals surface area contributed by atoms with Crippen molar-refractivity contribution in [2.45, 2.75) is 25.3 Å². The smallest absolute Gasteiger partial charge is 0.308 e. The third-order valence-corrected chi connectivity index (χ3v) is 5.98. The van der Waals surface area contributed by atoms with Gasteiger partial charge in [-0.15, -0.1) is 0 Å². The van der Waals surface area contributed by atoms with Crippen LogP contribution >= 0.6 is 11.3 Å². The molecule has 25 heavy (non-hydrogen) atoms. The second-order valence-electron chi connectivity index (χ2n) is 5.31. The lowest BCUT2D eigenvalue weighted by Gasteiger charge is -2.10. The number of hydrogen-bond donors (Lipinski definition) is 1. The lowest BCUT2D eigenvalue weighted by Crippen LogP contribution is -2.13. The van der Waals surface area contributed by atoms with Gasteiger partial charge in [0.15, 0.2) is 0 Å². The number of anilines is 1. The van der Waals surface area contributed by atoms with Gasteiger partial charge >= 0.3 is 4.87 Å². The Bertz CT molecular complexity index is 1070. The molecule has 132 valence electrons. The standard InChI is InChI=1S/C17H18N2O4S2/c1-3-19-15-9-8-14(11-16(15)24-17(19)20)25(21,22)18-12-6-5-7-13(10-12)23-4-2/h5-11,18H,3-4H2,1-2H3. The van der Waals surface area contributed by atoms with E-state index < -0.39 is 10.0 Å². The molecule has 0 aliphatic rings. The Labute approximate surface area is 149 Å². The molecule has 0 aliphatic heterocycles. The number of hydrogen-bond acceptors (Lipinski definition) is 5. The molecule has 0 radical (unpaired) electrons. The molecule has 1 N–H and O–H groups in total. The molecule has 3 rings (SSSR count). The van der Waals surface area contributed by atoms with Crippen molar-refractivity contribution in [2.24, 2.45) is 0 Å². The van der Waals surface area contributed by atoms with Gasteiger partial charge in [-0.1, -0.05) is 17.4 Å². The number of rotatable bonds is 6. The third-order valence-electron chi connectivity index (χ3n) is 3.66. The maximum atomic E-state index is 12.6. The molecule has 0 fully saturated rings. The summed E-state index contributed by atoms with van der Waals surface area (Å²) in [6, 6.07) is 11.5. The van der Waals surface area contributed by atoms with Crippen LogP contribution in [0.2, 0.25) is 0 Å². The maximum Gasteiger partial charge on any atom is 0.308 e. The van der Waals surface area contributed by atoms with E-state index >= 15 is 0 Å². The van der Waals surface area contributed by atoms with Crippen molar-refractivity contribution in [1.82, 2.24) is 4.57 Å². The minimum Gasteiger partial charge on any atom is -0.494 e. The molecule has 3 aromatic rings. The first-order valence-electron chi connectivity index (χ1n) is 7.83. The van der Waals surface area contributed by atoms with Gasteiger partial charge in [0, 0.05) is 12.6 Å². The van der Waals surface area contributed by atoms with Gasteiger partial charge in [0.25, 0.3) is 10.0 Å². The quantitative estimate of drug-likeness (QED) is 0.714. The number of fused-ring (bicyclic) bond motifs is 1. The zero-order chi connectivity index (χ0) is 18.0. The monoisotopic (exact) mass is 378 g/mol. The molecule has 0 bridgehead atoms. The average molecular weight is 378 g/mol. The van der Waals surface area contributed by atoms with Gasteiger partial charge in [0.05, 0.1) is 27.4 Å². The molecular weight excluding hydrogens is 360 g/mol. The van der Waals surface area contributed by atoms with E-state index in [-0.39, 0.29) is 9.77 Å². The lowest BCUT2D eigenvalue weighted by atomic mass is 10.3. The van der Waals surface area contributed by atoms with Crippen LogP contribution in [0.15, 0.2) is 52.2 Å². The molecule has 0 saturated carbocycles. The predicted molar refractivity (Wildman–Crippen MR) is 100 cm³/mol. The minimum atomic E-state index is -3.76. The van der Waals surface area contributed by atoms with Gasteiger partial charge in [-0.25, -0.2) is 8.42 Å². The zero-order valence-corrected chi connectivity index (χ0v) is 15.5. The molecule has 0 atom stereocenters. The summed E-state index contributed by atoms with van der Waals surface area (Å²) in [7, 11) is -3.76. The Morgan fingerprint density at radius 3 is 2.68 bits per heavy atom. The van der Waals surface area contributed by atoms with Crippen molar-refractivity contribution >= 4 is 37.3 Å². The molecule has 1 heterocycles. The van der Waals surface area contributed by atoms with Gasteiger partial charge in [-0.05, 0) is 44.2 Å². The molecule has 0 spiro atoms. The summed E-state index contributed by atoms with van der Waals surface area (Å²) in [5.74, 6) is 0.594. The van der Waals surface area contributed by atoms with Crippen LogP contribution in [0.1, 0.15) is 13.8 Å². The van der Waals surface area contributed by atoms with E-state index in [1.165, 1.54) is 12.1 Å². The Balaban J connectivity index is 1.96. The number of nitrogens with one attached hydrogen (secondary N) is 1. The van der Waals surface area contributed by atoms with Gasteiger partial charge in [0.2, 0.25) is 0 Å². The highest BCUT2D eigenvalue weighted by atomic mass is 32.2. The fraction of sp³-hybridized carbons (Fsp3) is 0.235. The van der Waals surface area contributed by atoms with Crippen LogP contribution in [0.3, 0.4) is 0 Å². The molecule has 0 unspecified atom stereocenters. The number of sulfonamides is 1. The van der Waals surface area contributed by atoms with Crippen LogP contribution in [-0.2, 0) is 16.6 Å². The van der Waals surface area contributed by atoms with E-state index in [0.29, 0.717) is 29.3 Å². The summed E-state index contributed by atoms with van der Waals surface area (Å²) in [5, 5.41) is 0. The fourth-order valence-electron chi connectivity index (χ4n) is 2.54. The Kier molecular flexibility index (Phi) is 4.82. The van der Waals surface area contributed by atoms with E-state index in [0.717, 1.165) is 16.9 Å². The van der Waals surface area contributed by atoms with Crippen LogP contribution in [0.25, 0.3) is 10.2 Å². The predicted octanol–water partition coefficient (Wildman–Crippen LogP) is 3.28. The van der Waals surface area contributed by atoms with Gasteiger partial charge in [-0.3, -0.25) is 14.1 Å². The first kappa shape index (κ1) is 17.5. The van der Waals surface area contributed by atoms with E-state index in [1.807, 2.05) is 13.8 Å². The first-order chi connectivity index (χ1) is 11.9. The van der Waals surface area contributed by atoms with E-state index in [1.54, 1.807) is 34.9 Å². The average Bonchev–Trinajstić information content (AvgIpc) is 2.89. The van der Waals surface area contributed by atoms with Crippen molar-refractivity contribution in [3.8, 4) is 5.75 Å². The molecule has 6 nitrogen and oxygen atoms in total. The van der Waals surface area contributed by atoms with Gasteiger partial charge in [-0.2, -0.15) is 0 Å². The second-order valence-corrected chi connectivity index (χ2v) is 7.98. The highest BCUT2D eigenvalue weighted by molar-refractivity contribution is 7.92. The summed E-state index contributed by atoms with van der Waals surface area (Å²) >= 11 is 1.04. The number of benzene rings is 2. The summed E-state index contributed by atoms with van der Waals surface area (Å²) in [6.45, 7) is 4.79. The van der Waals surface area contributed by atoms with E-state index in [2.05, 4.69) is 4.72 Å². The number of ether oxygens (including phenoxy) is 1. The number of thiazole rings is 1. The molecule has 0 amide bonds. The zero-order valence-electron chi connectivity index (χ0n) is 13.9. The SMILES string of the molecule is CCOc1cccc(NS(=O)(=O)c2ccc3c(c2)sc(=O)n3CC)c1. The largest absolute Gasteiger partial charge is 0.494 e. The Hall–Kier alpha value is -2.32. The topological polar surface area (TPSA) is 77.4 Å². The minimum absolute atomic E-state index is 0.0931. The van der Waals surface area contributed by atoms with Crippen molar-refractivity contribution in [3.05, 3.63) is 52.1 Å². The van der Waals surface area contributed by atoms with Crippen LogP contribution in [0.5, 0.6) is 5.75 Å². The lowest BCUT2D eigenvalue weighted by molar-refractivity contribution is 0.340. The number of aryl methyl sites for hydroxylation is 1. The van der Waals surface area contributed by atoms with E-state index in [4.69, 9.17) is 4.74 Å². The highest BCUT2D eigenvalue weighted by Crippen LogP contribution is 2.25. The number of nitrogens with zero attached hydrogens (tertiary/aromatic N) is 1. The van der Waals surface area contributed by atoms with Crippen LogP contribution in [0.4, 0.5) is 5.69 Å². The summed E-state index contributed by atoms with van der Waals surface area (Å²) in [4.78, 5) is 11.9. The normalized spacial score (nSPS) is 11.6. The van der Waals surface area contributed by atoms with E-state index in [9.17, 15) is 13.2 Å². The van der Waals surface area contributed by atoms with Gasteiger partial charge < -0.3 is 4.74 Å². The Morgan fingerprint density at radius 1 is 1.16 bits per heavy atom. The van der Waals surface area contributed by atoms with Crippen molar-refractivity contribution < 1.29 is 13.2 Å². The maximum absolute atomic E-state index is 12.6. The summed E-state index contributed by atoms with van der Waals surface area (Å²) in [6.07, 6.45) is 0. The molecule has 2 aromatic carbocycles. The van der Waals surface area contributed by atoms with Gasteiger partial charge in [0.1, 0.15) is 5.75 Å². The van der Waals surface area contributed by atoms with Crippen LogP contribution in [0, 0.1) is 0 Å². The fourth-order valence-corrected chi connectivity index (χ4v) is 4.69. The van der Waals surface area contributed by atoms with Crippen molar-refractivity contribution in [1.29, 1.82) is 0 Å².